The number of hydrogen-bond acceptors (Lipinski definition) is 3. The first kappa shape index (κ1) is 15.0. The Morgan fingerprint density at radius 3 is 3.00 bits per heavy atom. The molecule has 4 nitrogen and oxygen atoms in total. The molecule has 0 spiro atoms. The van der Waals surface area contributed by atoms with Crippen molar-refractivity contribution in [2.45, 2.75) is 13.1 Å². The van der Waals surface area contributed by atoms with Crippen LogP contribution in [-0.2, 0) is 17.8 Å². The number of nitrogens with zero attached hydrogens (tertiary/aromatic N) is 2. The number of aromatic nitrogens is 2. The normalized spacial score (nSPS) is 10.9. The Kier molecular flexibility index (Phi) is 5.52. The van der Waals surface area contributed by atoms with E-state index < -0.39 is 0 Å². The van der Waals surface area contributed by atoms with Crippen molar-refractivity contribution in [1.29, 1.82) is 0 Å². The van der Waals surface area contributed by atoms with Crippen molar-refractivity contribution in [3.8, 4) is 0 Å². The van der Waals surface area contributed by atoms with E-state index in [4.69, 9.17) is 16.3 Å². The lowest BCUT2D eigenvalue weighted by atomic mass is 10.2. The molecule has 1 aromatic carbocycles. The first-order chi connectivity index (χ1) is 9.72. The summed E-state index contributed by atoms with van der Waals surface area (Å²) in [4.78, 5) is 0. The summed E-state index contributed by atoms with van der Waals surface area (Å²) >= 11 is 6.03. The first-order valence-corrected chi connectivity index (χ1v) is 6.73. The van der Waals surface area contributed by atoms with Crippen LogP contribution in [0.4, 0.5) is 4.39 Å². The lowest BCUT2D eigenvalue weighted by Gasteiger charge is -2.10. The van der Waals surface area contributed by atoms with Gasteiger partial charge in [-0.15, -0.1) is 0 Å². The number of benzene rings is 1. The summed E-state index contributed by atoms with van der Waals surface area (Å²) in [6.07, 6.45) is 1.70. The zero-order valence-electron chi connectivity index (χ0n) is 11.3. The van der Waals surface area contributed by atoms with E-state index in [9.17, 15) is 4.39 Å². The van der Waals surface area contributed by atoms with Crippen LogP contribution < -0.4 is 5.32 Å². The van der Waals surface area contributed by atoms with Gasteiger partial charge in [-0.2, -0.15) is 5.10 Å². The van der Waals surface area contributed by atoms with Gasteiger partial charge in [-0.05, 0) is 18.2 Å². The molecule has 0 atom stereocenters. The summed E-state index contributed by atoms with van der Waals surface area (Å²) in [5.41, 5.74) is 1.43. The first-order valence-electron chi connectivity index (χ1n) is 6.35. The van der Waals surface area contributed by atoms with Gasteiger partial charge in [0.1, 0.15) is 5.82 Å². The second-order valence-electron chi connectivity index (χ2n) is 4.35. The maximum absolute atomic E-state index is 13.8. The topological polar surface area (TPSA) is 39.1 Å². The summed E-state index contributed by atoms with van der Waals surface area (Å²) in [6.45, 7) is 2.37. The fraction of sp³-hybridized carbons (Fsp3) is 0.357. The van der Waals surface area contributed by atoms with Crippen LogP contribution in [0.3, 0.4) is 0 Å². The summed E-state index contributed by atoms with van der Waals surface area (Å²) in [5, 5.41) is 7.86. The molecule has 20 heavy (non-hydrogen) atoms. The summed E-state index contributed by atoms with van der Waals surface area (Å²) < 4.78 is 20.5. The highest BCUT2D eigenvalue weighted by Crippen LogP contribution is 2.20. The molecule has 0 aliphatic carbocycles. The van der Waals surface area contributed by atoms with Gasteiger partial charge in [0.2, 0.25) is 0 Å². The minimum atomic E-state index is -0.314. The molecule has 6 heteroatoms. The van der Waals surface area contributed by atoms with Gasteiger partial charge in [-0.1, -0.05) is 17.7 Å². The summed E-state index contributed by atoms with van der Waals surface area (Å²) in [5.74, 6) is -0.314. The number of hydrogen-bond donors (Lipinski definition) is 1. The van der Waals surface area contributed by atoms with Crippen LogP contribution in [0.5, 0.6) is 0 Å². The average molecular weight is 298 g/mol. The van der Waals surface area contributed by atoms with Crippen molar-refractivity contribution in [3.05, 3.63) is 52.6 Å². The zero-order valence-corrected chi connectivity index (χ0v) is 12.0. The molecule has 0 unspecified atom stereocenters. The van der Waals surface area contributed by atoms with Crippen molar-refractivity contribution in [1.82, 2.24) is 15.1 Å². The quantitative estimate of drug-likeness (QED) is 0.798. The largest absolute Gasteiger partial charge is 0.383 e. The van der Waals surface area contributed by atoms with Crippen LogP contribution in [-0.4, -0.2) is 30.0 Å². The molecule has 1 heterocycles. The van der Waals surface area contributed by atoms with E-state index in [1.54, 1.807) is 30.1 Å². The van der Waals surface area contributed by atoms with Crippen molar-refractivity contribution in [2.75, 3.05) is 20.3 Å². The van der Waals surface area contributed by atoms with Crippen molar-refractivity contribution in [2.24, 2.45) is 0 Å². The number of halogens is 2. The molecule has 108 valence electrons. The van der Waals surface area contributed by atoms with Crippen LogP contribution >= 0.6 is 11.6 Å². The third-order valence-corrected chi connectivity index (χ3v) is 3.32. The Bertz CT molecular complexity index is 539. The Morgan fingerprint density at radius 1 is 1.40 bits per heavy atom. The van der Waals surface area contributed by atoms with Crippen molar-refractivity contribution in [3.63, 3.8) is 0 Å². The van der Waals surface area contributed by atoms with Crippen molar-refractivity contribution < 1.29 is 9.13 Å². The van der Waals surface area contributed by atoms with E-state index in [1.807, 2.05) is 6.07 Å². The van der Waals surface area contributed by atoms with Gasteiger partial charge in [-0.25, -0.2) is 4.39 Å². The Hall–Kier alpha value is -1.43. The molecular weight excluding hydrogens is 281 g/mol. The molecule has 1 N–H and O–H groups in total. The molecule has 0 saturated carbocycles. The smallest absolute Gasteiger partial charge is 0.129 e. The summed E-state index contributed by atoms with van der Waals surface area (Å²) in [7, 11) is 1.66. The van der Waals surface area contributed by atoms with Gasteiger partial charge in [0.15, 0.2) is 0 Å². The molecule has 0 bridgehead atoms. The minimum absolute atomic E-state index is 0.314. The van der Waals surface area contributed by atoms with Gasteiger partial charge >= 0.3 is 0 Å². The average Bonchev–Trinajstić information content (AvgIpc) is 2.87. The molecule has 1 aromatic heterocycles. The van der Waals surface area contributed by atoms with Gasteiger partial charge in [0, 0.05) is 37.0 Å². The third-order valence-electron chi connectivity index (χ3n) is 2.96. The number of ether oxygens (including phenoxy) is 1. The molecular formula is C14H17ClFN3O. The molecule has 0 radical (unpaired) electrons. The Balaban J connectivity index is 2.05. The van der Waals surface area contributed by atoms with Crippen LogP contribution in [0.15, 0.2) is 30.5 Å². The van der Waals surface area contributed by atoms with E-state index in [0.717, 1.165) is 12.2 Å². The SMILES string of the molecule is COCCNCc1ccnn1Cc1c(F)cccc1Cl. The molecule has 0 aliphatic heterocycles. The highest BCUT2D eigenvalue weighted by molar-refractivity contribution is 6.31. The molecule has 2 aromatic rings. The second-order valence-corrected chi connectivity index (χ2v) is 4.76. The van der Waals surface area contributed by atoms with E-state index in [1.165, 1.54) is 6.07 Å². The van der Waals surface area contributed by atoms with Gasteiger partial charge in [0.25, 0.3) is 0 Å². The Morgan fingerprint density at radius 2 is 2.25 bits per heavy atom. The lowest BCUT2D eigenvalue weighted by Crippen LogP contribution is -2.21. The lowest BCUT2D eigenvalue weighted by molar-refractivity contribution is 0.199. The highest BCUT2D eigenvalue weighted by atomic mass is 35.5. The molecule has 0 aliphatic rings. The predicted molar refractivity (Wildman–Crippen MR) is 76.3 cm³/mol. The molecule has 2 rings (SSSR count). The maximum atomic E-state index is 13.8. The standard InChI is InChI=1S/C14H17ClFN3O/c1-20-8-7-17-9-11-5-6-18-19(11)10-12-13(15)3-2-4-14(12)16/h2-6,17H,7-10H2,1H3. The zero-order chi connectivity index (χ0) is 14.4. The Labute approximate surface area is 122 Å². The van der Waals surface area contributed by atoms with Crippen LogP contribution in [0, 0.1) is 5.82 Å². The number of nitrogens with one attached hydrogen (secondary N) is 1. The maximum Gasteiger partial charge on any atom is 0.129 e. The van der Waals surface area contributed by atoms with Gasteiger partial charge in [-0.3, -0.25) is 4.68 Å². The van der Waals surface area contributed by atoms with Crippen LogP contribution in [0.25, 0.3) is 0 Å². The molecule has 0 amide bonds. The minimum Gasteiger partial charge on any atom is -0.383 e. The molecule has 0 saturated heterocycles. The van der Waals surface area contributed by atoms with Crippen LogP contribution in [0.1, 0.15) is 11.3 Å². The number of rotatable bonds is 7. The predicted octanol–water partition coefficient (Wildman–Crippen LogP) is 2.46. The summed E-state index contributed by atoms with van der Waals surface area (Å²) in [6, 6.07) is 6.58. The fourth-order valence-electron chi connectivity index (χ4n) is 1.88. The van der Waals surface area contributed by atoms with Crippen LogP contribution in [0.2, 0.25) is 5.02 Å². The third kappa shape index (κ3) is 3.79. The molecule has 0 fully saturated rings. The number of methoxy groups -OCH3 is 1. The van der Waals surface area contributed by atoms with E-state index in [2.05, 4.69) is 10.4 Å². The van der Waals surface area contributed by atoms with E-state index in [-0.39, 0.29) is 5.82 Å². The van der Waals surface area contributed by atoms with Gasteiger partial charge in [0.05, 0.1) is 18.8 Å². The van der Waals surface area contributed by atoms with Crippen molar-refractivity contribution >= 4 is 11.6 Å². The monoisotopic (exact) mass is 297 g/mol. The van der Waals surface area contributed by atoms with E-state index in [0.29, 0.717) is 30.3 Å². The second kappa shape index (κ2) is 7.38. The fourth-order valence-corrected chi connectivity index (χ4v) is 2.10. The van der Waals surface area contributed by atoms with Gasteiger partial charge < -0.3 is 10.1 Å². The van der Waals surface area contributed by atoms with E-state index >= 15 is 0 Å². The highest BCUT2D eigenvalue weighted by Gasteiger charge is 2.10.